The molecule has 3 heterocycles. The molecule has 0 aliphatic rings. The van der Waals surface area contributed by atoms with Crippen LogP contribution in [-0.4, -0.2) is 21.5 Å². The Morgan fingerprint density at radius 1 is 1.33 bits per heavy atom. The summed E-state index contributed by atoms with van der Waals surface area (Å²) in [5.41, 5.74) is 0. The van der Waals surface area contributed by atoms with E-state index in [2.05, 4.69) is 49.2 Å². The summed E-state index contributed by atoms with van der Waals surface area (Å²) in [5.74, 6) is 0.668. The summed E-state index contributed by atoms with van der Waals surface area (Å²) >= 11 is 6.77. The molecular weight excluding hydrogens is 368 g/mol. The number of thiophene rings is 1. The highest BCUT2D eigenvalue weighted by Gasteiger charge is 2.13. The highest BCUT2D eigenvalue weighted by atomic mass is 79.9. The van der Waals surface area contributed by atoms with Crippen molar-refractivity contribution < 1.29 is 0 Å². The minimum atomic E-state index is 0.668. The monoisotopic (exact) mass is 380 g/mol. The van der Waals surface area contributed by atoms with Crippen LogP contribution in [0.5, 0.6) is 0 Å². The molecule has 0 aliphatic heterocycles. The van der Waals surface area contributed by atoms with Crippen LogP contribution >= 0.6 is 39.0 Å². The lowest BCUT2D eigenvalue weighted by Crippen LogP contribution is -2.02. The van der Waals surface area contributed by atoms with Gasteiger partial charge >= 0.3 is 0 Å². The van der Waals surface area contributed by atoms with Gasteiger partial charge in [0.15, 0.2) is 0 Å². The van der Waals surface area contributed by atoms with E-state index < -0.39 is 0 Å². The Hall–Kier alpha value is -1.18. The first-order valence-electron chi connectivity index (χ1n) is 6.48. The molecule has 3 aromatic heterocycles. The van der Waals surface area contributed by atoms with Gasteiger partial charge in [0.2, 0.25) is 5.95 Å². The van der Waals surface area contributed by atoms with Crippen molar-refractivity contribution in [2.75, 3.05) is 11.9 Å². The summed E-state index contributed by atoms with van der Waals surface area (Å²) < 4.78 is 0.971. The lowest BCUT2D eigenvalue weighted by molar-refractivity contribution is 1.04. The zero-order valence-electron chi connectivity index (χ0n) is 11.6. The molecule has 21 heavy (non-hydrogen) atoms. The fourth-order valence-corrected chi connectivity index (χ4v) is 4.17. The number of aryl methyl sites for hydroxylation is 1. The number of aromatic nitrogens is 3. The predicted molar refractivity (Wildman–Crippen MR) is 92.4 cm³/mol. The zero-order chi connectivity index (χ0) is 14.8. The molecule has 0 saturated carbocycles. The summed E-state index contributed by atoms with van der Waals surface area (Å²) in [4.78, 5) is 15.8. The summed E-state index contributed by atoms with van der Waals surface area (Å²) in [6.45, 7) is 4.92. The SMILES string of the molecule is CCNc1nc(Sc2ncccc2Br)c2cc(C)sc2n1. The number of rotatable bonds is 4. The van der Waals surface area contributed by atoms with Gasteiger partial charge in [-0.25, -0.2) is 15.0 Å². The van der Waals surface area contributed by atoms with Crippen LogP contribution in [0.4, 0.5) is 5.95 Å². The smallest absolute Gasteiger partial charge is 0.225 e. The van der Waals surface area contributed by atoms with Crippen LogP contribution in [0.2, 0.25) is 0 Å². The highest BCUT2D eigenvalue weighted by Crippen LogP contribution is 2.37. The molecule has 0 fully saturated rings. The lowest BCUT2D eigenvalue weighted by Gasteiger charge is -2.06. The fraction of sp³-hybridized carbons (Fsp3) is 0.214. The van der Waals surface area contributed by atoms with Crippen LogP contribution in [-0.2, 0) is 0 Å². The molecule has 0 aromatic carbocycles. The topological polar surface area (TPSA) is 50.7 Å². The second-order valence-corrected chi connectivity index (χ2v) is 7.42. The summed E-state index contributed by atoms with van der Waals surface area (Å²) in [6.07, 6.45) is 1.79. The van der Waals surface area contributed by atoms with Gasteiger partial charge in [-0.1, -0.05) is 0 Å². The van der Waals surface area contributed by atoms with Crippen molar-refractivity contribution in [2.45, 2.75) is 23.9 Å². The number of halogens is 1. The Labute approximate surface area is 139 Å². The second kappa shape index (κ2) is 6.29. The zero-order valence-corrected chi connectivity index (χ0v) is 14.8. The van der Waals surface area contributed by atoms with Crippen molar-refractivity contribution in [3.05, 3.63) is 33.7 Å². The van der Waals surface area contributed by atoms with E-state index in [1.807, 2.05) is 19.1 Å². The molecule has 3 aromatic rings. The molecule has 4 nitrogen and oxygen atoms in total. The van der Waals surface area contributed by atoms with Gasteiger partial charge in [0.1, 0.15) is 14.9 Å². The molecule has 108 valence electrons. The predicted octanol–water partition coefficient (Wildman–Crippen LogP) is 4.74. The average molecular weight is 381 g/mol. The fourth-order valence-electron chi connectivity index (χ4n) is 1.87. The third-order valence-corrected chi connectivity index (χ3v) is 5.60. The lowest BCUT2D eigenvalue weighted by atomic mass is 10.4. The van der Waals surface area contributed by atoms with E-state index in [0.29, 0.717) is 5.95 Å². The van der Waals surface area contributed by atoms with E-state index in [1.165, 1.54) is 4.88 Å². The first-order valence-corrected chi connectivity index (χ1v) is 8.90. The Morgan fingerprint density at radius 3 is 2.95 bits per heavy atom. The number of anilines is 1. The molecule has 0 spiro atoms. The Bertz CT molecular complexity index is 788. The van der Waals surface area contributed by atoms with Gasteiger partial charge < -0.3 is 5.32 Å². The average Bonchev–Trinajstić information content (AvgIpc) is 2.82. The van der Waals surface area contributed by atoms with Gasteiger partial charge in [-0.15, -0.1) is 11.3 Å². The van der Waals surface area contributed by atoms with Crippen LogP contribution in [0.15, 0.2) is 38.9 Å². The number of nitrogens with one attached hydrogen (secondary N) is 1. The van der Waals surface area contributed by atoms with E-state index in [0.717, 1.165) is 31.3 Å². The Morgan fingerprint density at radius 2 is 2.19 bits per heavy atom. The summed E-state index contributed by atoms with van der Waals surface area (Å²) in [6, 6.07) is 6.02. The maximum atomic E-state index is 4.63. The van der Waals surface area contributed by atoms with Crippen molar-refractivity contribution in [1.82, 2.24) is 15.0 Å². The van der Waals surface area contributed by atoms with Gasteiger partial charge in [0.05, 0.1) is 4.47 Å². The number of hydrogen-bond acceptors (Lipinski definition) is 6. The second-order valence-electron chi connectivity index (χ2n) is 4.35. The highest BCUT2D eigenvalue weighted by molar-refractivity contribution is 9.10. The molecule has 0 radical (unpaired) electrons. The maximum absolute atomic E-state index is 4.63. The van der Waals surface area contributed by atoms with Crippen molar-refractivity contribution in [3.8, 4) is 0 Å². The first-order chi connectivity index (χ1) is 10.2. The molecule has 3 rings (SSSR count). The number of pyridine rings is 1. The molecule has 0 amide bonds. The van der Waals surface area contributed by atoms with Crippen molar-refractivity contribution in [3.63, 3.8) is 0 Å². The van der Waals surface area contributed by atoms with E-state index in [-0.39, 0.29) is 0 Å². The summed E-state index contributed by atoms with van der Waals surface area (Å²) in [7, 11) is 0. The van der Waals surface area contributed by atoms with Gasteiger partial charge in [-0.3, -0.25) is 0 Å². The molecule has 0 aliphatic carbocycles. The third kappa shape index (κ3) is 3.20. The normalized spacial score (nSPS) is 11.0. The number of hydrogen-bond donors (Lipinski definition) is 1. The van der Waals surface area contributed by atoms with Crippen LogP contribution in [0.25, 0.3) is 10.2 Å². The Balaban J connectivity index is 2.09. The van der Waals surface area contributed by atoms with Gasteiger partial charge in [0, 0.05) is 23.0 Å². The van der Waals surface area contributed by atoms with Crippen LogP contribution in [0.3, 0.4) is 0 Å². The molecule has 0 bridgehead atoms. The van der Waals surface area contributed by atoms with Crippen LogP contribution in [0.1, 0.15) is 11.8 Å². The molecular formula is C14H13BrN4S2. The standard InChI is InChI=1S/C14H13BrN4S2/c1-3-16-14-18-11-9(7-8(2)20-11)12(19-14)21-13-10(15)5-4-6-17-13/h4-7H,3H2,1-2H3,(H,16,18,19). The Kier molecular flexibility index (Phi) is 4.42. The number of fused-ring (bicyclic) bond motifs is 1. The van der Waals surface area contributed by atoms with Crippen LogP contribution in [0, 0.1) is 6.92 Å². The third-order valence-electron chi connectivity index (χ3n) is 2.73. The summed E-state index contributed by atoms with van der Waals surface area (Å²) in [5, 5.41) is 6.11. The van der Waals surface area contributed by atoms with Gasteiger partial charge in [-0.05, 0) is 59.7 Å². The minimum Gasteiger partial charge on any atom is -0.354 e. The minimum absolute atomic E-state index is 0.668. The maximum Gasteiger partial charge on any atom is 0.225 e. The van der Waals surface area contributed by atoms with Crippen LogP contribution < -0.4 is 5.32 Å². The van der Waals surface area contributed by atoms with Crippen molar-refractivity contribution in [2.24, 2.45) is 0 Å². The molecule has 7 heteroatoms. The molecule has 0 unspecified atom stereocenters. The number of nitrogens with zero attached hydrogens (tertiary/aromatic N) is 3. The molecule has 0 atom stereocenters. The molecule has 0 saturated heterocycles. The van der Waals surface area contributed by atoms with E-state index >= 15 is 0 Å². The van der Waals surface area contributed by atoms with Crippen molar-refractivity contribution in [1.29, 1.82) is 0 Å². The van der Waals surface area contributed by atoms with E-state index in [1.54, 1.807) is 29.3 Å². The first kappa shape index (κ1) is 14.7. The van der Waals surface area contributed by atoms with E-state index in [4.69, 9.17) is 0 Å². The van der Waals surface area contributed by atoms with E-state index in [9.17, 15) is 0 Å². The molecule has 1 N–H and O–H groups in total. The largest absolute Gasteiger partial charge is 0.354 e. The van der Waals surface area contributed by atoms with Gasteiger partial charge in [-0.2, -0.15) is 0 Å². The van der Waals surface area contributed by atoms with Crippen molar-refractivity contribution >= 4 is 55.2 Å². The quantitative estimate of drug-likeness (QED) is 0.662. The van der Waals surface area contributed by atoms with Gasteiger partial charge in [0.25, 0.3) is 0 Å².